The molecule has 3 aromatic rings. The van der Waals surface area contributed by atoms with Crippen molar-refractivity contribution >= 4 is 22.6 Å². The normalized spacial score (nSPS) is 15.2. The van der Waals surface area contributed by atoms with E-state index in [9.17, 15) is 9.59 Å². The van der Waals surface area contributed by atoms with Crippen LogP contribution < -0.4 is 10.5 Å². The van der Waals surface area contributed by atoms with Crippen molar-refractivity contribution in [1.29, 1.82) is 0 Å². The number of carbonyl (C=O) groups excluding carboxylic acids is 2. The van der Waals surface area contributed by atoms with Crippen molar-refractivity contribution in [2.24, 2.45) is 5.73 Å². The molecule has 1 aliphatic rings. The van der Waals surface area contributed by atoms with E-state index < -0.39 is 11.3 Å². The van der Waals surface area contributed by atoms with Gasteiger partial charge in [-0.3, -0.25) is 9.59 Å². The first-order valence-electron chi connectivity index (χ1n) is 7.82. The standard InChI is InChI=1S/C18H16N4O3/c1-18(2)15-12-6-11(7-22-9-20-8-21-22)13(16(19)23)5-10(12)3-4-14(15)25-17(18)24/h3-6,8-9H,7H2,1-2H3,(H2,19,23). The molecule has 2 aromatic carbocycles. The molecule has 2 N–H and O–H groups in total. The summed E-state index contributed by atoms with van der Waals surface area (Å²) in [6.45, 7) is 4.02. The summed E-state index contributed by atoms with van der Waals surface area (Å²) in [5.74, 6) is -0.239. The van der Waals surface area contributed by atoms with Crippen molar-refractivity contribution in [1.82, 2.24) is 14.8 Å². The number of hydrogen-bond acceptors (Lipinski definition) is 5. The predicted octanol–water partition coefficient (Wildman–Crippen LogP) is 1.78. The summed E-state index contributed by atoms with van der Waals surface area (Å²) in [5, 5.41) is 5.78. The van der Waals surface area contributed by atoms with Crippen molar-refractivity contribution in [2.45, 2.75) is 25.8 Å². The zero-order chi connectivity index (χ0) is 17.8. The molecule has 7 heteroatoms. The van der Waals surface area contributed by atoms with Crippen LogP contribution >= 0.6 is 0 Å². The van der Waals surface area contributed by atoms with Crippen LogP contribution in [0.15, 0.2) is 36.9 Å². The lowest BCUT2D eigenvalue weighted by Gasteiger charge is -2.17. The van der Waals surface area contributed by atoms with E-state index in [1.165, 1.54) is 6.33 Å². The van der Waals surface area contributed by atoms with Gasteiger partial charge in [0.25, 0.3) is 0 Å². The number of aromatic nitrogens is 3. The van der Waals surface area contributed by atoms with Gasteiger partial charge in [0.15, 0.2) is 0 Å². The van der Waals surface area contributed by atoms with Crippen LogP contribution in [-0.4, -0.2) is 26.6 Å². The third-order valence-electron chi connectivity index (χ3n) is 4.61. The van der Waals surface area contributed by atoms with Gasteiger partial charge in [0.1, 0.15) is 18.4 Å². The lowest BCUT2D eigenvalue weighted by Crippen LogP contribution is -2.26. The van der Waals surface area contributed by atoms with Gasteiger partial charge in [-0.15, -0.1) is 0 Å². The van der Waals surface area contributed by atoms with E-state index in [2.05, 4.69) is 10.1 Å². The van der Waals surface area contributed by atoms with E-state index >= 15 is 0 Å². The number of esters is 1. The molecular weight excluding hydrogens is 320 g/mol. The third kappa shape index (κ3) is 2.27. The quantitative estimate of drug-likeness (QED) is 0.580. The smallest absolute Gasteiger partial charge is 0.321 e. The molecule has 126 valence electrons. The Morgan fingerprint density at radius 2 is 2.12 bits per heavy atom. The molecule has 0 radical (unpaired) electrons. The van der Waals surface area contributed by atoms with Gasteiger partial charge in [-0.25, -0.2) is 9.67 Å². The highest BCUT2D eigenvalue weighted by Crippen LogP contribution is 2.44. The molecule has 25 heavy (non-hydrogen) atoms. The van der Waals surface area contributed by atoms with Crippen LogP contribution in [0.25, 0.3) is 10.8 Å². The molecule has 0 saturated carbocycles. The fraction of sp³-hybridized carbons (Fsp3) is 0.222. The minimum atomic E-state index is -0.756. The summed E-state index contributed by atoms with van der Waals surface area (Å²) in [5.41, 5.74) is 6.77. The highest BCUT2D eigenvalue weighted by Gasteiger charge is 2.42. The molecule has 0 spiro atoms. The SMILES string of the molecule is CC1(C)C(=O)Oc2ccc3cc(C(N)=O)c(Cn4cncn4)cc3c21. The van der Waals surface area contributed by atoms with Gasteiger partial charge in [0.05, 0.1) is 12.0 Å². The summed E-state index contributed by atoms with van der Waals surface area (Å²) in [6, 6.07) is 7.23. The first-order valence-corrected chi connectivity index (χ1v) is 7.82. The lowest BCUT2D eigenvalue weighted by molar-refractivity contribution is -0.137. The second kappa shape index (κ2) is 5.14. The number of ether oxygens (including phenoxy) is 1. The second-order valence-corrected chi connectivity index (χ2v) is 6.64. The molecule has 0 atom stereocenters. The van der Waals surface area contributed by atoms with Gasteiger partial charge < -0.3 is 10.5 Å². The molecule has 1 amide bonds. The molecule has 0 aliphatic carbocycles. The second-order valence-electron chi connectivity index (χ2n) is 6.64. The van der Waals surface area contributed by atoms with E-state index in [1.807, 2.05) is 26.0 Å². The number of nitrogens with two attached hydrogens (primary N) is 1. The minimum Gasteiger partial charge on any atom is -0.426 e. The Labute approximate surface area is 143 Å². The zero-order valence-electron chi connectivity index (χ0n) is 13.8. The molecule has 7 nitrogen and oxygen atoms in total. The van der Waals surface area contributed by atoms with Crippen molar-refractivity contribution < 1.29 is 14.3 Å². The van der Waals surface area contributed by atoms with E-state index in [4.69, 9.17) is 10.5 Å². The molecular formula is C18H16N4O3. The number of rotatable bonds is 3. The van der Waals surface area contributed by atoms with Crippen molar-refractivity contribution in [2.75, 3.05) is 0 Å². The van der Waals surface area contributed by atoms with Crippen LogP contribution in [0, 0.1) is 0 Å². The number of benzene rings is 2. The van der Waals surface area contributed by atoms with Crippen molar-refractivity contribution in [3.05, 3.63) is 53.6 Å². The molecule has 1 aliphatic heterocycles. The average Bonchev–Trinajstić information content (AvgIpc) is 3.13. The maximum atomic E-state index is 12.2. The Bertz CT molecular complexity index is 1020. The highest BCUT2D eigenvalue weighted by molar-refractivity contribution is 6.04. The summed E-state index contributed by atoms with van der Waals surface area (Å²) in [6.07, 6.45) is 3.00. The molecule has 1 aromatic heterocycles. The van der Waals surface area contributed by atoms with Crippen LogP contribution in [0.4, 0.5) is 0 Å². The minimum absolute atomic E-state index is 0.285. The molecule has 2 heterocycles. The first kappa shape index (κ1) is 15.3. The fourth-order valence-electron chi connectivity index (χ4n) is 3.31. The number of primary amides is 1. The molecule has 0 saturated heterocycles. The zero-order valence-corrected chi connectivity index (χ0v) is 13.8. The van der Waals surface area contributed by atoms with Gasteiger partial charge in [0, 0.05) is 11.1 Å². The van der Waals surface area contributed by atoms with Gasteiger partial charge in [-0.05, 0) is 48.4 Å². The monoisotopic (exact) mass is 336 g/mol. The Morgan fingerprint density at radius 1 is 1.32 bits per heavy atom. The van der Waals surface area contributed by atoms with Gasteiger partial charge in [-0.2, -0.15) is 5.10 Å². The summed E-state index contributed by atoms with van der Waals surface area (Å²) in [4.78, 5) is 28.0. The van der Waals surface area contributed by atoms with E-state index in [0.717, 1.165) is 16.3 Å². The van der Waals surface area contributed by atoms with Crippen molar-refractivity contribution in [3.8, 4) is 5.75 Å². The third-order valence-corrected chi connectivity index (χ3v) is 4.61. The van der Waals surface area contributed by atoms with Crippen LogP contribution in [0.2, 0.25) is 0 Å². The molecule has 0 fully saturated rings. The van der Waals surface area contributed by atoms with E-state index in [1.54, 1.807) is 23.1 Å². The Hall–Kier alpha value is -3.22. The lowest BCUT2D eigenvalue weighted by atomic mass is 9.82. The maximum Gasteiger partial charge on any atom is 0.321 e. The Morgan fingerprint density at radius 3 is 2.80 bits per heavy atom. The van der Waals surface area contributed by atoms with Crippen LogP contribution in [0.5, 0.6) is 5.75 Å². The van der Waals surface area contributed by atoms with E-state index in [0.29, 0.717) is 23.4 Å². The molecule has 4 rings (SSSR count). The number of nitrogens with zero attached hydrogens (tertiary/aromatic N) is 3. The number of carbonyl (C=O) groups is 2. The van der Waals surface area contributed by atoms with Crippen LogP contribution in [0.1, 0.15) is 35.3 Å². The van der Waals surface area contributed by atoms with E-state index in [-0.39, 0.29) is 5.97 Å². The first-order chi connectivity index (χ1) is 11.9. The summed E-state index contributed by atoms with van der Waals surface area (Å²) >= 11 is 0. The number of fused-ring (bicyclic) bond motifs is 3. The topological polar surface area (TPSA) is 100 Å². The largest absolute Gasteiger partial charge is 0.426 e. The highest BCUT2D eigenvalue weighted by atomic mass is 16.5. The van der Waals surface area contributed by atoms with Gasteiger partial charge in [0.2, 0.25) is 5.91 Å². The predicted molar refractivity (Wildman–Crippen MR) is 90.3 cm³/mol. The fourth-order valence-corrected chi connectivity index (χ4v) is 3.31. The van der Waals surface area contributed by atoms with Gasteiger partial charge in [-0.1, -0.05) is 6.07 Å². The summed E-state index contributed by atoms with van der Waals surface area (Å²) < 4.78 is 7.01. The van der Waals surface area contributed by atoms with Gasteiger partial charge >= 0.3 is 5.97 Å². The number of amides is 1. The molecule has 0 bridgehead atoms. The van der Waals surface area contributed by atoms with Crippen LogP contribution in [0.3, 0.4) is 0 Å². The van der Waals surface area contributed by atoms with Crippen molar-refractivity contribution in [3.63, 3.8) is 0 Å². The Kier molecular flexibility index (Phi) is 3.15. The number of hydrogen-bond donors (Lipinski definition) is 1. The van der Waals surface area contributed by atoms with Crippen LogP contribution in [-0.2, 0) is 16.8 Å². The Balaban J connectivity index is 1.98. The average molecular weight is 336 g/mol. The molecule has 0 unspecified atom stereocenters. The maximum absolute atomic E-state index is 12.2. The summed E-state index contributed by atoms with van der Waals surface area (Å²) in [7, 11) is 0.